The monoisotopic (exact) mass is 643 g/mol. The van der Waals surface area contributed by atoms with Crippen LogP contribution < -0.4 is 35.6 Å². The van der Waals surface area contributed by atoms with Gasteiger partial charge in [-0.2, -0.15) is 4.98 Å². The van der Waals surface area contributed by atoms with Crippen LogP contribution in [-0.4, -0.2) is 82.6 Å². The summed E-state index contributed by atoms with van der Waals surface area (Å²) in [5.41, 5.74) is 4.17. The molecule has 0 unspecified atom stereocenters. The highest BCUT2D eigenvalue weighted by Gasteiger charge is 2.20. The van der Waals surface area contributed by atoms with Crippen molar-refractivity contribution in [1.29, 1.82) is 0 Å². The number of benzene rings is 3. The summed E-state index contributed by atoms with van der Waals surface area (Å²) in [6, 6.07) is 18.7. The molecule has 0 saturated heterocycles. The molecule has 0 aliphatic carbocycles. The Morgan fingerprint density at radius 3 is 2.28 bits per heavy atom. The summed E-state index contributed by atoms with van der Waals surface area (Å²) in [6.07, 6.45) is 2.94. The minimum atomic E-state index is -2.61. The third-order valence-corrected chi connectivity index (χ3v) is 8.78. The molecule has 0 spiro atoms. The number of carbonyl (C=O) groups is 1. The molecule has 12 heteroatoms. The van der Waals surface area contributed by atoms with Crippen LogP contribution in [0.25, 0.3) is 11.1 Å². The average molecular weight is 644 g/mol. The Labute approximate surface area is 271 Å². The number of methoxy groups -OCH3 is 2. The van der Waals surface area contributed by atoms with Crippen molar-refractivity contribution in [1.82, 2.24) is 14.9 Å². The van der Waals surface area contributed by atoms with Crippen LogP contribution in [-0.2, 0) is 9.36 Å². The maximum absolute atomic E-state index is 13.2. The van der Waals surface area contributed by atoms with Gasteiger partial charge in [-0.05, 0) is 69.4 Å². The van der Waals surface area contributed by atoms with E-state index in [2.05, 4.69) is 32.4 Å². The van der Waals surface area contributed by atoms with Gasteiger partial charge in [0.1, 0.15) is 24.5 Å². The van der Waals surface area contributed by atoms with Gasteiger partial charge in [0.05, 0.1) is 37.0 Å². The Kier molecular flexibility index (Phi) is 11.1. The first kappa shape index (κ1) is 34.0. The number of aromatic nitrogens is 2. The zero-order valence-corrected chi connectivity index (χ0v) is 28.3. The summed E-state index contributed by atoms with van der Waals surface area (Å²) in [7, 11) is 6.55. The van der Waals surface area contributed by atoms with E-state index in [1.54, 1.807) is 39.8 Å². The molecule has 1 aromatic heterocycles. The quantitative estimate of drug-likeness (QED) is 0.111. The van der Waals surface area contributed by atoms with E-state index in [4.69, 9.17) is 14.5 Å². The molecule has 4 rings (SSSR count). The largest absolute Gasteiger partial charge is 0.497 e. The highest BCUT2D eigenvalue weighted by Crippen LogP contribution is 2.40. The average Bonchev–Trinajstić information content (AvgIpc) is 3.03. The molecule has 3 aromatic carbocycles. The predicted octanol–water partition coefficient (Wildman–Crippen LogP) is 6.02. The van der Waals surface area contributed by atoms with Crippen LogP contribution in [0.5, 0.6) is 11.5 Å². The van der Waals surface area contributed by atoms with Crippen LogP contribution in [0.2, 0.25) is 0 Å². The fourth-order valence-electron chi connectivity index (χ4n) is 4.72. The lowest BCUT2D eigenvalue weighted by molar-refractivity contribution is -0.111. The van der Waals surface area contributed by atoms with Crippen LogP contribution in [0.1, 0.15) is 0 Å². The minimum absolute atomic E-state index is 0.279. The first-order valence-electron chi connectivity index (χ1n) is 14.6. The summed E-state index contributed by atoms with van der Waals surface area (Å²) in [5, 5.41) is 10.3. The maximum Gasteiger partial charge on any atom is 0.247 e. The van der Waals surface area contributed by atoms with E-state index >= 15 is 0 Å². The number of hydrogen-bond donors (Lipinski definition) is 3. The van der Waals surface area contributed by atoms with Gasteiger partial charge in [0.25, 0.3) is 0 Å². The molecule has 1 amide bonds. The van der Waals surface area contributed by atoms with Crippen LogP contribution in [0, 0.1) is 0 Å². The summed E-state index contributed by atoms with van der Waals surface area (Å²) in [6.45, 7) is 8.60. The predicted molar refractivity (Wildman–Crippen MR) is 190 cm³/mol. The number of nitrogens with zero attached hydrogens (tertiary/aromatic N) is 4. The van der Waals surface area contributed by atoms with E-state index < -0.39 is 7.14 Å². The van der Waals surface area contributed by atoms with Crippen molar-refractivity contribution in [2.24, 2.45) is 0 Å². The van der Waals surface area contributed by atoms with Crippen molar-refractivity contribution in [2.75, 3.05) is 82.6 Å². The van der Waals surface area contributed by atoms with Gasteiger partial charge in [-0.3, -0.25) is 4.79 Å². The number of amides is 1. The van der Waals surface area contributed by atoms with Gasteiger partial charge >= 0.3 is 0 Å². The second-order valence-electron chi connectivity index (χ2n) is 11.3. The van der Waals surface area contributed by atoms with Gasteiger partial charge in [-0.15, -0.1) is 0 Å². The van der Waals surface area contributed by atoms with E-state index in [0.717, 1.165) is 35.7 Å². The first-order chi connectivity index (χ1) is 21.9. The Hall–Kier alpha value is -4.86. The number of hydrogen-bond acceptors (Lipinski definition) is 10. The van der Waals surface area contributed by atoms with E-state index in [1.807, 2.05) is 80.6 Å². The lowest BCUT2D eigenvalue weighted by atomic mass is 10.1. The molecule has 0 aliphatic rings. The SMILES string of the molecule is C=CC(=O)Nc1cc(Nc2ncc(-c3ccc(OC)cc3)c(Nc3ccccc3P(C)(C)=O)n2)c(OC)cc1N(C)CCN(C)C. The first-order valence-corrected chi connectivity index (χ1v) is 17.2. The fraction of sp³-hybridized carbons (Fsp3) is 0.265. The van der Waals surface area contributed by atoms with Gasteiger partial charge in [0.2, 0.25) is 11.9 Å². The molecule has 3 N–H and O–H groups in total. The van der Waals surface area contributed by atoms with E-state index in [-0.39, 0.29) is 11.9 Å². The molecule has 0 saturated carbocycles. The molecule has 0 aliphatic heterocycles. The topological polar surface area (TPSA) is 121 Å². The van der Waals surface area contributed by atoms with Crippen molar-refractivity contribution < 1.29 is 18.8 Å². The Morgan fingerprint density at radius 1 is 0.935 bits per heavy atom. The third kappa shape index (κ3) is 8.44. The molecule has 0 radical (unpaired) electrons. The highest BCUT2D eigenvalue weighted by atomic mass is 31.2. The fourth-order valence-corrected chi connectivity index (χ4v) is 5.88. The summed E-state index contributed by atoms with van der Waals surface area (Å²) >= 11 is 0. The van der Waals surface area contributed by atoms with Crippen LogP contribution in [0.3, 0.4) is 0 Å². The Morgan fingerprint density at radius 2 is 1.65 bits per heavy atom. The minimum Gasteiger partial charge on any atom is -0.497 e. The molecule has 4 aromatic rings. The second-order valence-corrected chi connectivity index (χ2v) is 14.5. The van der Waals surface area contributed by atoms with E-state index in [9.17, 15) is 9.36 Å². The number of carbonyl (C=O) groups excluding carboxylic acids is 1. The summed E-state index contributed by atoms with van der Waals surface area (Å²) < 4.78 is 24.3. The van der Waals surface area contributed by atoms with Gasteiger partial charge in [0.15, 0.2) is 0 Å². The Bertz CT molecular complexity index is 1740. The lowest BCUT2D eigenvalue weighted by Crippen LogP contribution is -2.29. The standard InChI is InChI=1S/C34H42N7O4P/c1-9-32(42)36-27-20-28(30(45-6)21-29(27)41(4)19-18-40(2)3)38-34-35-22-25(23-14-16-24(44-5)17-15-23)33(39-34)37-26-12-10-11-13-31(26)46(7,8)43/h9-17,20-22H,1,18-19H2,2-8H3,(H,36,42)(H2,35,37,38,39). The molecule has 0 bridgehead atoms. The number of rotatable bonds is 14. The van der Waals surface area contributed by atoms with Crippen LogP contribution in [0.4, 0.5) is 34.5 Å². The van der Waals surface area contributed by atoms with Crippen LogP contribution in [0.15, 0.2) is 79.5 Å². The van der Waals surface area contributed by atoms with Crippen molar-refractivity contribution in [3.05, 3.63) is 79.5 Å². The maximum atomic E-state index is 13.2. The number of likely N-dealkylation sites (N-methyl/N-ethyl adjacent to an activating group) is 2. The number of ether oxygens (including phenoxy) is 2. The molecule has 46 heavy (non-hydrogen) atoms. The zero-order chi connectivity index (χ0) is 33.4. The highest BCUT2D eigenvalue weighted by molar-refractivity contribution is 7.70. The smallest absolute Gasteiger partial charge is 0.247 e. The number of anilines is 6. The number of nitrogens with one attached hydrogen (secondary N) is 3. The zero-order valence-electron chi connectivity index (χ0n) is 27.4. The van der Waals surface area contributed by atoms with Gasteiger partial charge in [0, 0.05) is 43.3 Å². The van der Waals surface area contributed by atoms with E-state index in [1.165, 1.54) is 6.08 Å². The molecule has 242 valence electrons. The van der Waals surface area contributed by atoms with Gasteiger partial charge in [-0.1, -0.05) is 30.8 Å². The van der Waals surface area contributed by atoms with Gasteiger partial charge < -0.3 is 39.8 Å². The summed E-state index contributed by atoms with van der Waals surface area (Å²) in [4.78, 5) is 26.0. The molecule has 11 nitrogen and oxygen atoms in total. The van der Waals surface area contributed by atoms with Crippen molar-refractivity contribution in [2.45, 2.75) is 0 Å². The second kappa shape index (κ2) is 14.9. The molecule has 0 atom stereocenters. The van der Waals surface area contributed by atoms with Crippen LogP contribution >= 0.6 is 7.14 Å². The lowest BCUT2D eigenvalue weighted by Gasteiger charge is -2.26. The summed E-state index contributed by atoms with van der Waals surface area (Å²) in [5.74, 6) is 1.70. The Balaban J connectivity index is 1.80. The molecular formula is C34H42N7O4P. The normalized spacial score (nSPS) is 11.1. The molecule has 0 fully saturated rings. The number of para-hydroxylation sites is 1. The third-order valence-electron chi connectivity index (χ3n) is 7.23. The van der Waals surface area contributed by atoms with Gasteiger partial charge in [-0.25, -0.2) is 4.98 Å². The molecular weight excluding hydrogens is 601 g/mol. The molecule has 1 heterocycles. The van der Waals surface area contributed by atoms with E-state index in [0.29, 0.717) is 33.9 Å². The van der Waals surface area contributed by atoms with Crippen molar-refractivity contribution in [3.8, 4) is 22.6 Å². The van der Waals surface area contributed by atoms with Crippen molar-refractivity contribution >= 4 is 52.9 Å². The van der Waals surface area contributed by atoms with Crippen molar-refractivity contribution in [3.63, 3.8) is 0 Å².